The molecule has 0 spiro atoms. The van der Waals surface area contributed by atoms with E-state index in [1.165, 1.54) is 0 Å². The van der Waals surface area contributed by atoms with Crippen molar-refractivity contribution in [3.8, 4) is 17.1 Å². The Morgan fingerprint density at radius 2 is 1.93 bits per heavy atom. The molecule has 3 rings (SSSR count). The summed E-state index contributed by atoms with van der Waals surface area (Å²) in [5.41, 5.74) is 3.73. The number of nitrogens with zero attached hydrogens (tertiary/aromatic N) is 4. The highest BCUT2D eigenvalue weighted by atomic mass is 16.5. The summed E-state index contributed by atoms with van der Waals surface area (Å²) in [6.45, 7) is 5.00. The Labute approximate surface area is 159 Å². The van der Waals surface area contributed by atoms with E-state index in [2.05, 4.69) is 34.2 Å². The largest absolute Gasteiger partial charge is 0.488 e. The van der Waals surface area contributed by atoms with Gasteiger partial charge in [-0.15, -0.1) is 0 Å². The zero-order chi connectivity index (χ0) is 19.2. The highest BCUT2D eigenvalue weighted by molar-refractivity contribution is 5.59. The number of aromatic nitrogens is 4. The number of pyridine rings is 2. The minimum absolute atomic E-state index is 0.248. The molecule has 3 heterocycles. The molecule has 0 unspecified atom stereocenters. The van der Waals surface area contributed by atoms with E-state index in [9.17, 15) is 0 Å². The lowest BCUT2D eigenvalue weighted by molar-refractivity contribution is 0.179. The Morgan fingerprint density at radius 3 is 2.67 bits per heavy atom. The van der Waals surface area contributed by atoms with Crippen molar-refractivity contribution in [1.29, 1.82) is 0 Å². The van der Waals surface area contributed by atoms with Crippen LogP contribution in [0.2, 0.25) is 0 Å². The van der Waals surface area contributed by atoms with Gasteiger partial charge in [-0.05, 0) is 32.0 Å². The van der Waals surface area contributed by atoms with E-state index in [0.29, 0.717) is 13.2 Å². The summed E-state index contributed by atoms with van der Waals surface area (Å²) >= 11 is 0. The molecule has 0 aliphatic carbocycles. The van der Waals surface area contributed by atoms with Crippen molar-refractivity contribution in [2.75, 3.05) is 19.5 Å². The van der Waals surface area contributed by atoms with Crippen molar-refractivity contribution in [3.05, 3.63) is 54.0 Å². The fourth-order valence-electron chi connectivity index (χ4n) is 2.96. The number of methoxy groups -OCH3 is 1. The van der Waals surface area contributed by atoms with E-state index in [4.69, 9.17) is 9.47 Å². The zero-order valence-corrected chi connectivity index (χ0v) is 16.1. The normalized spacial score (nSPS) is 11.0. The van der Waals surface area contributed by atoms with E-state index in [0.717, 1.165) is 34.1 Å². The first-order valence-electron chi connectivity index (χ1n) is 8.90. The molecule has 0 saturated heterocycles. The van der Waals surface area contributed by atoms with E-state index < -0.39 is 0 Å². The highest BCUT2D eigenvalue weighted by Crippen LogP contribution is 2.28. The third kappa shape index (κ3) is 4.09. The molecular formula is C20H25N5O2. The highest BCUT2D eigenvalue weighted by Gasteiger charge is 2.15. The van der Waals surface area contributed by atoms with Crippen LogP contribution in [0.5, 0.6) is 5.75 Å². The second kappa shape index (κ2) is 8.64. The molecule has 0 fully saturated rings. The molecule has 7 heteroatoms. The molecule has 0 aromatic carbocycles. The molecule has 27 heavy (non-hydrogen) atoms. The minimum atomic E-state index is 0.248. The van der Waals surface area contributed by atoms with Gasteiger partial charge in [0.05, 0.1) is 23.6 Å². The second-order valence-corrected chi connectivity index (χ2v) is 6.37. The van der Waals surface area contributed by atoms with Crippen molar-refractivity contribution in [2.24, 2.45) is 0 Å². The van der Waals surface area contributed by atoms with Crippen LogP contribution >= 0.6 is 0 Å². The number of rotatable bonds is 8. The van der Waals surface area contributed by atoms with Crippen LogP contribution in [0.15, 0.2) is 42.9 Å². The maximum Gasteiger partial charge on any atom is 0.134 e. The number of nitrogens with one attached hydrogen (secondary N) is 1. The van der Waals surface area contributed by atoms with E-state index in [1.807, 2.05) is 36.0 Å². The molecular weight excluding hydrogens is 342 g/mol. The van der Waals surface area contributed by atoms with Gasteiger partial charge in [0.15, 0.2) is 0 Å². The van der Waals surface area contributed by atoms with Crippen molar-refractivity contribution in [1.82, 2.24) is 19.7 Å². The van der Waals surface area contributed by atoms with Crippen molar-refractivity contribution < 1.29 is 9.47 Å². The molecule has 7 nitrogen and oxygen atoms in total. The number of hydrogen-bond acceptors (Lipinski definition) is 6. The fourth-order valence-corrected chi connectivity index (χ4v) is 2.96. The molecule has 0 aliphatic heterocycles. The summed E-state index contributed by atoms with van der Waals surface area (Å²) in [4.78, 5) is 8.90. The summed E-state index contributed by atoms with van der Waals surface area (Å²) in [6.07, 6.45) is 5.31. The number of anilines is 1. The van der Waals surface area contributed by atoms with Crippen LogP contribution < -0.4 is 10.1 Å². The topological polar surface area (TPSA) is 74.1 Å². The SMILES string of the molecule is CNc1nccc(OCc2cccnc2-c2ccnn2C(C)C)c1COC. The monoisotopic (exact) mass is 367 g/mol. The molecule has 3 aromatic heterocycles. The Bertz CT molecular complexity index is 892. The zero-order valence-electron chi connectivity index (χ0n) is 16.1. The first kappa shape index (κ1) is 18.8. The maximum absolute atomic E-state index is 6.13. The molecule has 1 N–H and O–H groups in total. The standard InChI is InChI=1S/C20H25N5O2/c1-14(2)25-17(7-11-24-25)19-15(6-5-9-22-19)12-27-18-8-10-23-20(21-3)16(18)13-26-4/h5-11,14H,12-13H2,1-4H3,(H,21,23). The fraction of sp³-hybridized carbons (Fsp3) is 0.350. The van der Waals surface area contributed by atoms with Crippen molar-refractivity contribution in [3.63, 3.8) is 0 Å². The van der Waals surface area contributed by atoms with Gasteiger partial charge in [0, 0.05) is 44.4 Å². The predicted octanol–water partition coefficient (Wildman–Crippen LogP) is 3.69. The lowest BCUT2D eigenvalue weighted by Crippen LogP contribution is -2.08. The van der Waals surface area contributed by atoms with Gasteiger partial charge in [0.25, 0.3) is 0 Å². The van der Waals surface area contributed by atoms with Crippen molar-refractivity contribution >= 4 is 5.82 Å². The van der Waals surface area contributed by atoms with Gasteiger partial charge < -0.3 is 14.8 Å². The Kier molecular flexibility index (Phi) is 6.03. The molecule has 142 valence electrons. The predicted molar refractivity (Wildman–Crippen MR) is 105 cm³/mol. The van der Waals surface area contributed by atoms with E-state index in [-0.39, 0.29) is 6.04 Å². The van der Waals surface area contributed by atoms with Gasteiger partial charge in [-0.25, -0.2) is 4.98 Å². The van der Waals surface area contributed by atoms with Crippen LogP contribution in [0, 0.1) is 0 Å². The van der Waals surface area contributed by atoms with Crippen LogP contribution in [-0.4, -0.2) is 33.9 Å². The van der Waals surface area contributed by atoms with Crippen LogP contribution in [-0.2, 0) is 18.0 Å². The van der Waals surface area contributed by atoms with Crippen LogP contribution in [0.3, 0.4) is 0 Å². The number of ether oxygens (including phenoxy) is 2. The summed E-state index contributed by atoms with van der Waals surface area (Å²) in [5.74, 6) is 1.49. The molecule has 0 bridgehead atoms. The average Bonchev–Trinajstić information content (AvgIpc) is 3.17. The van der Waals surface area contributed by atoms with Crippen LogP contribution in [0.4, 0.5) is 5.82 Å². The third-order valence-corrected chi connectivity index (χ3v) is 4.21. The quantitative estimate of drug-likeness (QED) is 0.654. The second-order valence-electron chi connectivity index (χ2n) is 6.37. The van der Waals surface area contributed by atoms with Crippen molar-refractivity contribution in [2.45, 2.75) is 33.1 Å². The summed E-state index contributed by atoms with van der Waals surface area (Å²) < 4.78 is 13.4. The first-order chi connectivity index (χ1) is 13.2. The van der Waals surface area contributed by atoms with Gasteiger partial charge in [0.2, 0.25) is 0 Å². The lowest BCUT2D eigenvalue weighted by Gasteiger charge is -2.16. The third-order valence-electron chi connectivity index (χ3n) is 4.21. The Morgan fingerprint density at radius 1 is 1.07 bits per heavy atom. The Hall–Kier alpha value is -2.93. The van der Waals surface area contributed by atoms with Gasteiger partial charge in [0.1, 0.15) is 18.2 Å². The van der Waals surface area contributed by atoms with Crippen LogP contribution in [0.25, 0.3) is 11.4 Å². The lowest BCUT2D eigenvalue weighted by atomic mass is 10.1. The van der Waals surface area contributed by atoms with E-state index >= 15 is 0 Å². The summed E-state index contributed by atoms with van der Waals surface area (Å²) in [6, 6.07) is 8.02. The molecule has 3 aromatic rings. The molecule has 0 atom stereocenters. The summed E-state index contributed by atoms with van der Waals surface area (Å²) in [7, 11) is 3.49. The first-order valence-corrected chi connectivity index (χ1v) is 8.90. The molecule has 0 amide bonds. The molecule has 0 aliphatic rings. The van der Waals surface area contributed by atoms with Gasteiger partial charge in [-0.3, -0.25) is 9.67 Å². The smallest absolute Gasteiger partial charge is 0.134 e. The summed E-state index contributed by atoms with van der Waals surface area (Å²) in [5, 5.41) is 7.49. The Balaban J connectivity index is 1.89. The molecule has 0 saturated carbocycles. The van der Waals surface area contributed by atoms with E-state index in [1.54, 1.807) is 25.7 Å². The minimum Gasteiger partial charge on any atom is -0.488 e. The average molecular weight is 367 g/mol. The van der Waals surface area contributed by atoms with Gasteiger partial charge in [-0.2, -0.15) is 5.10 Å². The molecule has 0 radical (unpaired) electrons. The maximum atomic E-state index is 6.13. The van der Waals surface area contributed by atoms with Crippen LogP contribution in [0.1, 0.15) is 31.0 Å². The number of hydrogen-bond donors (Lipinski definition) is 1. The van der Waals surface area contributed by atoms with Gasteiger partial charge in [-0.1, -0.05) is 6.07 Å². The van der Waals surface area contributed by atoms with Gasteiger partial charge >= 0.3 is 0 Å².